The number of nitrogens with one attached hydrogen (secondary N) is 1. The highest BCUT2D eigenvalue weighted by Gasteiger charge is 2.16. The number of aryl methyl sites for hydroxylation is 1. The molecule has 0 radical (unpaired) electrons. The maximum Gasteiger partial charge on any atom is 0.412 e. The molecule has 0 aliphatic carbocycles. The summed E-state index contributed by atoms with van der Waals surface area (Å²) in [5, 5.41) is 2.57. The Morgan fingerprint density at radius 2 is 1.44 bits per heavy atom. The molecule has 0 unspecified atom stereocenters. The van der Waals surface area contributed by atoms with Gasteiger partial charge in [-0.2, -0.15) is 0 Å². The Labute approximate surface area is 158 Å². The number of rotatable bonds is 5. The lowest BCUT2D eigenvalue weighted by Gasteiger charge is -2.19. The summed E-state index contributed by atoms with van der Waals surface area (Å²) in [6.45, 7) is 6.90. The van der Waals surface area contributed by atoms with Gasteiger partial charge in [0.05, 0.1) is 5.56 Å². The average Bonchev–Trinajstić information content (AvgIpc) is 2.59. The molecule has 2 aromatic rings. The van der Waals surface area contributed by atoms with Crippen molar-refractivity contribution in [2.45, 2.75) is 33.3 Å². The molecule has 6 nitrogen and oxygen atoms in total. The van der Waals surface area contributed by atoms with E-state index in [0.29, 0.717) is 11.3 Å². The standard InChI is InChI=1S/C21H23NO5/c1-14-5-7-15(8-6-14)18(23)13-26-19(24)16-9-11-17(12-10-16)22-20(25)27-21(2,3)4/h5-12H,13H2,1-4H3,(H,22,25). The molecule has 2 rings (SSSR count). The molecule has 0 saturated carbocycles. The van der Waals surface area contributed by atoms with Crippen LogP contribution in [0.25, 0.3) is 0 Å². The molecule has 0 saturated heterocycles. The van der Waals surface area contributed by atoms with Crippen molar-refractivity contribution in [3.8, 4) is 0 Å². The minimum atomic E-state index is -0.612. The predicted octanol–water partition coefficient (Wildman–Crippen LogP) is 4.38. The SMILES string of the molecule is Cc1ccc(C(=O)COC(=O)c2ccc(NC(=O)OC(C)(C)C)cc2)cc1. The molecule has 0 aliphatic heterocycles. The molecule has 6 heteroatoms. The Balaban J connectivity index is 1.88. The zero-order chi connectivity index (χ0) is 20.0. The van der Waals surface area contributed by atoms with E-state index in [1.165, 1.54) is 12.1 Å². The average molecular weight is 369 g/mol. The molecular formula is C21H23NO5. The molecule has 0 atom stereocenters. The van der Waals surface area contributed by atoms with Crippen LogP contribution in [0.15, 0.2) is 48.5 Å². The molecule has 0 heterocycles. The molecule has 0 bridgehead atoms. The highest BCUT2D eigenvalue weighted by molar-refractivity contribution is 5.99. The first kappa shape index (κ1) is 20.2. The topological polar surface area (TPSA) is 81.7 Å². The van der Waals surface area contributed by atoms with Gasteiger partial charge in [-0.15, -0.1) is 0 Å². The summed E-state index contributed by atoms with van der Waals surface area (Å²) < 4.78 is 10.2. The summed E-state index contributed by atoms with van der Waals surface area (Å²) in [5.74, 6) is -0.883. The summed E-state index contributed by atoms with van der Waals surface area (Å²) in [6.07, 6.45) is -0.582. The normalized spacial score (nSPS) is 10.8. The van der Waals surface area contributed by atoms with Crippen molar-refractivity contribution in [1.29, 1.82) is 0 Å². The van der Waals surface area contributed by atoms with Crippen LogP contribution in [-0.2, 0) is 9.47 Å². The van der Waals surface area contributed by atoms with Gasteiger partial charge in [-0.25, -0.2) is 9.59 Å². The van der Waals surface area contributed by atoms with Crippen molar-refractivity contribution in [2.24, 2.45) is 0 Å². The number of ether oxygens (including phenoxy) is 2. The van der Waals surface area contributed by atoms with Gasteiger partial charge in [0, 0.05) is 11.3 Å². The number of benzene rings is 2. The summed E-state index contributed by atoms with van der Waals surface area (Å²) in [6, 6.07) is 13.2. The number of ketones is 1. The van der Waals surface area contributed by atoms with Crippen molar-refractivity contribution >= 4 is 23.5 Å². The van der Waals surface area contributed by atoms with Gasteiger partial charge >= 0.3 is 12.1 Å². The van der Waals surface area contributed by atoms with Gasteiger partial charge in [0.25, 0.3) is 0 Å². The van der Waals surface area contributed by atoms with E-state index in [-0.39, 0.29) is 18.0 Å². The van der Waals surface area contributed by atoms with Crippen LogP contribution in [0.3, 0.4) is 0 Å². The Hall–Kier alpha value is -3.15. The van der Waals surface area contributed by atoms with Crippen molar-refractivity contribution in [1.82, 2.24) is 0 Å². The van der Waals surface area contributed by atoms with Crippen LogP contribution >= 0.6 is 0 Å². The number of hydrogen-bond donors (Lipinski definition) is 1. The van der Waals surface area contributed by atoms with Crippen molar-refractivity contribution < 1.29 is 23.9 Å². The highest BCUT2D eigenvalue weighted by Crippen LogP contribution is 2.14. The maximum atomic E-state index is 12.1. The first-order valence-electron chi connectivity index (χ1n) is 8.51. The van der Waals surface area contributed by atoms with E-state index >= 15 is 0 Å². The lowest BCUT2D eigenvalue weighted by atomic mass is 10.1. The Kier molecular flexibility index (Phi) is 6.34. The molecular weight excluding hydrogens is 346 g/mol. The third-order valence-electron chi connectivity index (χ3n) is 3.47. The number of hydrogen-bond acceptors (Lipinski definition) is 5. The van der Waals surface area contributed by atoms with Crippen LogP contribution in [0.5, 0.6) is 0 Å². The number of carbonyl (C=O) groups is 3. The van der Waals surface area contributed by atoms with E-state index < -0.39 is 17.7 Å². The predicted molar refractivity (Wildman–Crippen MR) is 102 cm³/mol. The van der Waals surface area contributed by atoms with Gasteiger partial charge in [0.2, 0.25) is 0 Å². The number of carbonyl (C=O) groups excluding carboxylic acids is 3. The molecule has 142 valence electrons. The Bertz CT molecular complexity index is 817. The minimum absolute atomic E-state index is 0.272. The van der Waals surface area contributed by atoms with Crippen LogP contribution in [0.2, 0.25) is 0 Å². The monoisotopic (exact) mass is 369 g/mol. The van der Waals surface area contributed by atoms with Crippen LogP contribution in [0, 0.1) is 6.92 Å². The second kappa shape index (κ2) is 8.49. The van der Waals surface area contributed by atoms with E-state index in [2.05, 4.69) is 5.32 Å². The van der Waals surface area contributed by atoms with Gasteiger partial charge in [0.1, 0.15) is 5.60 Å². The number of Topliss-reactive ketones (excluding diaryl/α,β-unsaturated/α-hetero) is 1. The van der Waals surface area contributed by atoms with Crippen LogP contribution < -0.4 is 5.32 Å². The molecule has 1 N–H and O–H groups in total. The van der Waals surface area contributed by atoms with Gasteiger partial charge in [-0.3, -0.25) is 10.1 Å². The third kappa shape index (κ3) is 6.58. The van der Waals surface area contributed by atoms with Crippen LogP contribution in [0.1, 0.15) is 47.1 Å². The quantitative estimate of drug-likeness (QED) is 0.625. The lowest BCUT2D eigenvalue weighted by molar-refractivity contribution is 0.0474. The number of esters is 1. The van der Waals surface area contributed by atoms with Gasteiger partial charge < -0.3 is 9.47 Å². The van der Waals surface area contributed by atoms with Crippen molar-refractivity contribution in [3.63, 3.8) is 0 Å². The third-order valence-corrected chi connectivity index (χ3v) is 3.47. The Morgan fingerprint density at radius 1 is 0.889 bits per heavy atom. The summed E-state index contributed by atoms with van der Waals surface area (Å²) in [7, 11) is 0. The van der Waals surface area contributed by atoms with Crippen LogP contribution in [-0.4, -0.2) is 30.1 Å². The molecule has 27 heavy (non-hydrogen) atoms. The fourth-order valence-corrected chi connectivity index (χ4v) is 2.15. The molecule has 0 aromatic heterocycles. The molecule has 2 aromatic carbocycles. The zero-order valence-electron chi connectivity index (χ0n) is 15.9. The van der Waals surface area contributed by atoms with Gasteiger partial charge in [-0.05, 0) is 52.0 Å². The fourth-order valence-electron chi connectivity index (χ4n) is 2.15. The zero-order valence-corrected chi connectivity index (χ0v) is 15.9. The second-order valence-corrected chi connectivity index (χ2v) is 7.07. The van der Waals surface area contributed by atoms with E-state index in [4.69, 9.17) is 9.47 Å². The summed E-state index contributed by atoms with van der Waals surface area (Å²) in [4.78, 5) is 35.8. The summed E-state index contributed by atoms with van der Waals surface area (Å²) in [5.41, 5.74) is 1.70. The maximum absolute atomic E-state index is 12.1. The summed E-state index contributed by atoms with van der Waals surface area (Å²) >= 11 is 0. The lowest BCUT2D eigenvalue weighted by Crippen LogP contribution is -2.27. The molecule has 1 amide bonds. The van der Waals surface area contributed by atoms with Gasteiger partial charge in [0.15, 0.2) is 12.4 Å². The fraction of sp³-hybridized carbons (Fsp3) is 0.286. The van der Waals surface area contributed by atoms with Gasteiger partial charge in [-0.1, -0.05) is 29.8 Å². The highest BCUT2D eigenvalue weighted by atomic mass is 16.6. The first-order chi connectivity index (χ1) is 12.6. The van der Waals surface area contributed by atoms with E-state index in [1.807, 2.05) is 19.1 Å². The van der Waals surface area contributed by atoms with E-state index in [0.717, 1.165) is 5.56 Å². The second-order valence-electron chi connectivity index (χ2n) is 7.07. The number of anilines is 1. The van der Waals surface area contributed by atoms with E-state index in [1.54, 1.807) is 45.0 Å². The Morgan fingerprint density at radius 3 is 2.00 bits per heavy atom. The van der Waals surface area contributed by atoms with E-state index in [9.17, 15) is 14.4 Å². The number of amides is 1. The molecule has 0 fully saturated rings. The van der Waals surface area contributed by atoms with Crippen LogP contribution in [0.4, 0.5) is 10.5 Å². The molecule has 0 spiro atoms. The van der Waals surface area contributed by atoms with Crippen molar-refractivity contribution in [3.05, 3.63) is 65.2 Å². The first-order valence-corrected chi connectivity index (χ1v) is 8.51. The molecule has 0 aliphatic rings. The largest absolute Gasteiger partial charge is 0.454 e. The smallest absolute Gasteiger partial charge is 0.412 e. The minimum Gasteiger partial charge on any atom is -0.454 e. The van der Waals surface area contributed by atoms with Crippen molar-refractivity contribution in [2.75, 3.05) is 11.9 Å².